The highest BCUT2D eigenvalue weighted by Gasteiger charge is 2.26. The Morgan fingerprint density at radius 3 is 2.74 bits per heavy atom. The maximum atomic E-state index is 6.17. The summed E-state index contributed by atoms with van der Waals surface area (Å²) in [6.45, 7) is 6.26. The van der Waals surface area contributed by atoms with Crippen LogP contribution in [0.3, 0.4) is 0 Å². The van der Waals surface area contributed by atoms with Gasteiger partial charge in [-0.15, -0.1) is 11.3 Å². The van der Waals surface area contributed by atoms with Gasteiger partial charge in [0.05, 0.1) is 5.39 Å². The molecule has 2 aromatic heterocycles. The standard InChI is InChI=1S/C21H23ClN4S/c1-14-5-6-17-18(11-14)27-21-19(17)20(23-13-24-21)26-9-7-25(8-10-26)16-4-2-3-15(22)12-16/h2-4,12-14H,5-11H2,1H3/t14-/m1/s1. The fourth-order valence-electron chi connectivity index (χ4n) is 4.35. The molecule has 2 aliphatic rings. The number of anilines is 2. The van der Waals surface area contributed by atoms with Gasteiger partial charge in [0.2, 0.25) is 0 Å². The van der Waals surface area contributed by atoms with E-state index < -0.39 is 0 Å². The number of hydrogen-bond acceptors (Lipinski definition) is 5. The van der Waals surface area contributed by atoms with Gasteiger partial charge in [-0.3, -0.25) is 0 Å². The predicted molar refractivity (Wildman–Crippen MR) is 114 cm³/mol. The molecule has 0 N–H and O–H groups in total. The molecule has 0 saturated carbocycles. The molecule has 5 rings (SSSR count). The molecule has 0 bridgehead atoms. The second kappa shape index (κ2) is 6.95. The van der Waals surface area contributed by atoms with Gasteiger partial charge in [-0.05, 0) is 48.9 Å². The van der Waals surface area contributed by atoms with Crippen LogP contribution in [0.2, 0.25) is 5.02 Å². The third-order valence-electron chi connectivity index (χ3n) is 5.82. The molecule has 27 heavy (non-hydrogen) atoms. The van der Waals surface area contributed by atoms with E-state index in [-0.39, 0.29) is 0 Å². The van der Waals surface area contributed by atoms with Crippen LogP contribution in [0.15, 0.2) is 30.6 Å². The third-order valence-corrected chi connectivity index (χ3v) is 7.22. The average molecular weight is 399 g/mol. The van der Waals surface area contributed by atoms with Crippen LogP contribution >= 0.6 is 22.9 Å². The minimum absolute atomic E-state index is 0.781. The van der Waals surface area contributed by atoms with Crippen molar-refractivity contribution in [3.05, 3.63) is 46.1 Å². The molecule has 1 aliphatic carbocycles. The van der Waals surface area contributed by atoms with E-state index in [1.165, 1.54) is 40.8 Å². The molecule has 1 aliphatic heterocycles. The molecule has 3 aromatic rings. The minimum atomic E-state index is 0.781. The van der Waals surface area contributed by atoms with Crippen molar-refractivity contribution in [1.82, 2.24) is 9.97 Å². The lowest BCUT2D eigenvalue weighted by molar-refractivity contribution is 0.509. The summed E-state index contributed by atoms with van der Waals surface area (Å²) < 4.78 is 0. The van der Waals surface area contributed by atoms with E-state index in [0.717, 1.165) is 47.8 Å². The van der Waals surface area contributed by atoms with Gasteiger partial charge in [-0.25, -0.2) is 9.97 Å². The van der Waals surface area contributed by atoms with E-state index in [9.17, 15) is 0 Å². The quantitative estimate of drug-likeness (QED) is 0.620. The van der Waals surface area contributed by atoms with Crippen molar-refractivity contribution >= 4 is 44.7 Å². The lowest BCUT2D eigenvalue weighted by Crippen LogP contribution is -2.47. The normalized spacial score (nSPS) is 20.1. The van der Waals surface area contributed by atoms with E-state index >= 15 is 0 Å². The van der Waals surface area contributed by atoms with E-state index in [1.807, 2.05) is 23.5 Å². The summed E-state index contributed by atoms with van der Waals surface area (Å²) in [5.74, 6) is 1.92. The van der Waals surface area contributed by atoms with Crippen LogP contribution in [-0.4, -0.2) is 36.1 Å². The topological polar surface area (TPSA) is 32.3 Å². The van der Waals surface area contributed by atoms with Gasteiger partial charge in [0.15, 0.2) is 0 Å². The summed E-state index contributed by atoms with van der Waals surface area (Å²) in [5, 5.41) is 2.12. The van der Waals surface area contributed by atoms with Crippen molar-refractivity contribution in [2.75, 3.05) is 36.0 Å². The highest BCUT2D eigenvalue weighted by atomic mass is 35.5. The molecule has 1 fully saturated rings. The van der Waals surface area contributed by atoms with E-state index in [4.69, 9.17) is 16.6 Å². The number of aromatic nitrogens is 2. The Bertz CT molecular complexity index is 977. The van der Waals surface area contributed by atoms with Crippen molar-refractivity contribution in [2.45, 2.75) is 26.2 Å². The first kappa shape index (κ1) is 17.3. The average Bonchev–Trinajstić information content (AvgIpc) is 3.05. The van der Waals surface area contributed by atoms with Gasteiger partial charge in [0, 0.05) is 41.8 Å². The summed E-state index contributed by atoms with van der Waals surface area (Å²) in [6, 6.07) is 8.15. The number of thiophene rings is 1. The molecule has 4 nitrogen and oxygen atoms in total. The Labute approximate surface area is 168 Å². The Hall–Kier alpha value is -1.85. The summed E-state index contributed by atoms with van der Waals surface area (Å²) >= 11 is 8.04. The van der Waals surface area contributed by atoms with Crippen molar-refractivity contribution in [3.63, 3.8) is 0 Å². The van der Waals surface area contributed by atoms with Crippen LogP contribution < -0.4 is 9.80 Å². The van der Waals surface area contributed by atoms with Crippen LogP contribution in [0.1, 0.15) is 23.8 Å². The predicted octanol–water partition coefficient (Wildman–Crippen LogP) is 4.80. The largest absolute Gasteiger partial charge is 0.368 e. The Balaban J connectivity index is 1.42. The number of hydrogen-bond donors (Lipinski definition) is 0. The van der Waals surface area contributed by atoms with Crippen molar-refractivity contribution < 1.29 is 0 Å². The molecule has 0 amide bonds. The van der Waals surface area contributed by atoms with Crippen LogP contribution in [0.5, 0.6) is 0 Å². The van der Waals surface area contributed by atoms with Gasteiger partial charge >= 0.3 is 0 Å². The van der Waals surface area contributed by atoms with Crippen LogP contribution in [0.25, 0.3) is 10.2 Å². The number of fused-ring (bicyclic) bond motifs is 3. The smallest absolute Gasteiger partial charge is 0.141 e. The van der Waals surface area contributed by atoms with Crippen molar-refractivity contribution in [3.8, 4) is 0 Å². The number of nitrogens with zero attached hydrogens (tertiary/aromatic N) is 4. The van der Waals surface area contributed by atoms with Crippen LogP contribution in [0, 0.1) is 5.92 Å². The zero-order valence-electron chi connectivity index (χ0n) is 15.5. The van der Waals surface area contributed by atoms with E-state index in [2.05, 4.69) is 33.8 Å². The second-order valence-corrected chi connectivity index (χ2v) is 9.20. The van der Waals surface area contributed by atoms with Gasteiger partial charge in [-0.1, -0.05) is 24.6 Å². The summed E-state index contributed by atoms with van der Waals surface area (Å²) in [5.41, 5.74) is 2.72. The Morgan fingerprint density at radius 2 is 1.93 bits per heavy atom. The fraction of sp³-hybridized carbons (Fsp3) is 0.429. The van der Waals surface area contributed by atoms with Gasteiger partial charge < -0.3 is 9.80 Å². The zero-order chi connectivity index (χ0) is 18.4. The summed E-state index contributed by atoms with van der Waals surface area (Å²) in [7, 11) is 0. The highest BCUT2D eigenvalue weighted by Crippen LogP contribution is 2.40. The molecule has 0 radical (unpaired) electrons. The first-order chi connectivity index (χ1) is 13.2. The lowest BCUT2D eigenvalue weighted by atomic mass is 9.89. The molecule has 1 saturated heterocycles. The van der Waals surface area contributed by atoms with E-state index in [1.54, 1.807) is 6.33 Å². The van der Waals surface area contributed by atoms with Crippen LogP contribution in [-0.2, 0) is 12.8 Å². The van der Waals surface area contributed by atoms with Gasteiger partial charge in [0.1, 0.15) is 17.0 Å². The number of rotatable bonds is 2. The molecule has 1 atom stereocenters. The summed E-state index contributed by atoms with van der Waals surface area (Å²) in [4.78, 5) is 16.9. The van der Waals surface area contributed by atoms with Crippen molar-refractivity contribution in [2.24, 2.45) is 5.92 Å². The maximum Gasteiger partial charge on any atom is 0.141 e. The van der Waals surface area contributed by atoms with Gasteiger partial charge in [-0.2, -0.15) is 0 Å². The maximum absolute atomic E-state index is 6.17. The molecule has 6 heteroatoms. The molecule has 3 heterocycles. The number of piperazine rings is 1. The number of aryl methyl sites for hydroxylation is 1. The van der Waals surface area contributed by atoms with Gasteiger partial charge in [0.25, 0.3) is 0 Å². The van der Waals surface area contributed by atoms with Crippen LogP contribution in [0.4, 0.5) is 11.5 Å². The fourth-order valence-corrected chi connectivity index (χ4v) is 5.88. The van der Waals surface area contributed by atoms with Crippen molar-refractivity contribution in [1.29, 1.82) is 0 Å². The highest BCUT2D eigenvalue weighted by molar-refractivity contribution is 7.19. The Kier molecular flexibility index (Phi) is 4.44. The molecule has 0 spiro atoms. The molecule has 0 unspecified atom stereocenters. The van der Waals surface area contributed by atoms with E-state index in [0.29, 0.717) is 0 Å². The SMILES string of the molecule is C[C@@H]1CCc2c(sc3ncnc(N4CCN(c5cccc(Cl)c5)CC4)c23)C1. The lowest BCUT2D eigenvalue weighted by Gasteiger charge is -2.37. The minimum Gasteiger partial charge on any atom is -0.368 e. The zero-order valence-corrected chi connectivity index (χ0v) is 17.1. The number of benzene rings is 1. The number of halogens is 1. The third kappa shape index (κ3) is 3.17. The monoisotopic (exact) mass is 398 g/mol. The molecular formula is C21H23ClN4S. The second-order valence-electron chi connectivity index (χ2n) is 7.68. The first-order valence-electron chi connectivity index (χ1n) is 9.70. The molecular weight excluding hydrogens is 376 g/mol. The Morgan fingerprint density at radius 1 is 1.11 bits per heavy atom. The first-order valence-corrected chi connectivity index (χ1v) is 10.9. The summed E-state index contributed by atoms with van der Waals surface area (Å²) in [6.07, 6.45) is 5.37. The molecule has 1 aromatic carbocycles. The molecule has 140 valence electrons.